The molecule has 35 heavy (non-hydrogen) atoms. The van der Waals surface area contributed by atoms with Crippen molar-refractivity contribution in [3.8, 4) is 21.8 Å². The van der Waals surface area contributed by atoms with Crippen LogP contribution in [0.25, 0.3) is 21.8 Å². The summed E-state index contributed by atoms with van der Waals surface area (Å²) in [7, 11) is -4.26. The molecule has 11 heteroatoms. The highest BCUT2D eigenvalue weighted by atomic mass is 32.2. The third-order valence-corrected chi connectivity index (χ3v) is 8.12. The van der Waals surface area contributed by atoms with Gasteiger partial charge in [-0.05, 0) is 42.8 Å². The van der Waals surface area contributed by atoms with Crippen molar-refractivity contribution in [2.75, 3.05) is 10.5 Å². The van der Waals surface area contributed by atoms with Crippen molar-refractivity contribution >= 4 is 33.0 Å². The van der Waals surface area contributed by atoms with E-state index in [0.29, 0.717) is 21.8 Å². The van der Waals surface area contributed by atoms with Crippen LogP contribution in [0.3, 0.4) is 0 Å². The van der Waals surface area contributed by atoms with Crippen LogP contribution < -0.4 is 10.5 Å². The molecular weight excluding hydrogens is 492 g/mol. The van der Waals surface area contributed by atoms with E-state index in [0.717, 1.165) is 17.1 Å². The first-order valence-corrected chi connectivity index (χ1v) is 12.8. The van der Waals surface area contributed by atoms with Gasteiger partial charge in [0.25, 0.3) is 10.0 Å². The summed E-state index contributed by atoms with van der Waals surface area (Å²) in [5, 5.41) is 0.737. The Morgan fingerprint density at radius 3 is 2.49 bits per heavy atom. The first kappa shape index (κ1) is 24.7. The van der Waals surface area contributed by atoms with E-state index in [9.17, 15) is 12.8 Å². The van der Waals surface area contributed by atoms with Crippen molar-refractivity contribution in [2.24, 2.45) is 0 Å². The number of nitrogen functional groups attached to an aromatic ring is 1. The molecule has 3 N–H and O–H groups in total. The lowest BCUT2D eigenvalue weighted by Gasteiger charge is -2.14. The van der Waals surface area contributed by atoms with E-state index >= 15 is 4.39 Å². The van der Waals surface area contributed by atoms with Crippen LogP contribution >= 0.6 is 11.3 Å². The van der Waals surface area contributed by atoms with Gasteiger partial charge in [0.15, 0.2) is 5.82 Å². The number of sulfonamides is 1. The Morgan fingerprint density at radius 2 is 1.80 bits per heavy atom. The number of anilines is 2. The number of hydrogen-bond acceptors (Lipinski definition) is 7. The van der Waals surface area contributed by atoms with E-state index < -0.39 is 21.7 Å². The number of aryl methyl sites for hydroxylation is 1. The second kappa shape index (κ2) is 8.97. The molecule has 0 radical (unpaired) electrons. The van der Waals surface area contributed by atoms with Crippen LogP contribution in [0.5, 0.6) is 0 Å². The molecule has 7 nitrogen and oxygen atoms in total. The molecule has 182 valence electrons. The predicted molar refractivity (Wildman–Crippen MR) is 134 cm³/mol. The number of rotatable bonds is 5. The van der Waals surface area contributed by atoms with Gasteiger partial charge < -0.3 is 5.73 Å². The molecule has 0 saturated heterocycles. The van der Waals surface area contributed by atoms with Crippen LogP contribution in [0.2, 0.25) is 0 Å². The molecule has 0 atom stereocenters. The largest absolute Gasteiger partial charge is 0.368 e. The Labute approximate surface area is 206 Å². The fourth-order valence-corrected chi connectivity index (χ4v) is 5.78. The van der Waals surface area contributed by atoms with Crippen LogP contribution in [-0.4, -0.2) is 23.4 Å². The molecule has 0 amide bonds. The molecule has 0 spiro atoms. The average Bonchev–Trinajstić information content (AvgIpc) is 3.22. The fraction of sp³-hybridized carbons (Fsp3) is 0.208. The summed E-state index contributed by atoms with van der Waals surface area (Å²) in [6.07, 6.45) is 1.50. The first-order chi connectivity index (χ1) is 16.4. The van der Waals surface area contributed by atoms with Crippen molar-refractivity contribution in [1.82, 2.24) is 15.0 Å². The predicted octanol–water partition coefficient (Wildman–Crippen LogP) is 5.53. The number of nitrogens with one attached hydrogen (secondary N) is 1. The normalized spacial score (nSPS) is 12.1. The summed E-state index contributed by atoms with van der Waals surface area (Å²) in [5.41, 5.74) is 6.33. The zero-order chi connectivity index (χ0) is 25.5. The van der Waals surface area contributed by atoms with Gasteiger partial charge in [-0.1, -0.05) is 32.9 Å². The van der Waals surface area contributed by atoms with E-state index in [2.05, 4.69) is 14.7 Å². The Bertz CT molecular complexity index is 1530. The second-order valence-corrected chi connectivity index (χ2v) is 11.6. The van der Waals surface area contributed by atoms with Gasteiger partial charge in [-0.3, -0.25) is 4.72 Å². The Hall–Kier alpha value is -3.44. The average molecular weight is 516 g/mol. The van der Waals surface area contributed by atoms with E-state index in [1.165, 1.54) is 48.7 Å². The van der Waals surface area contributed by atoms with Crippen molar-refractivity contribution < 1.29 is 17.2 Å². The quantitative estimate of drug-likeness (QED) is 0.361. The third kappa shape index (κ3) is 5.01. The number of nitrogens with zero attached hydrogens (tertiary/aromatic N) is 3. The van der Waals surface area contributed by atoms with Crippen LogP contribution in [0, 0.1) is 18.6 Å². The van der Waals surface area contributed by atoms with Gasteiger partial charge in [-0.15, -0.1) is 11.3 Å². The van der Waals surface area contributed by atoms with Gasteiger partial charge in [0.2, 0.25) is 5.95 Å². The summed E-state index contributed by atoms with van der Waals surface area (Å²) in [6.45, 7) is 7.48. The maximum absolute atomic E-state index is 15.8. The molecule has 0 aliphatic carbocycles. The molecule has 0 saturated carbocycles. The molecule has 0 bridgehead atoms. The van der Waals surface area contributed by atoms with Crippen LogP contribution in [0.15, 0.2) is 53.6 Å². The van der Waals surface area contributed by atoms with E-state index in [-0.39, 0.29) is 27.5 Å². The molecule has 2 aromatic heterocycles. The maximum Gasteiger partial charge on any atom is 0.262 e. The number of aromatic nitrogens is 3. The van der Waals surface area contributed by atoms with E-state index in [4.69, 9.17) is 10.7 Å². The van der Waals surface area contributed by atoms with Gasteiger partial charge in [0, 0.05) is 17.2 Å². The SMILES string of the molecule is Cc1ccc(F)cc1S(=O)(=O)Nc1cccc(-c2nc(C(C)(C)C)sc2-c2ccnc(N)n2)c1F. The Balaban J connectivity index is 1.84. The first-order valence-electron chi connectivity index (χ1n) is 10.5. The zero-order valence-electron chi connectivity index (χ0n) is 19.4. The minimum atomic E-state index is -4.26. The molecule has 0 aliphatic heterocycles. The summed E-state index contributed by atoms with van der Waals surface area (Å²) in [5.74, 6) is -1.47. The van der Waals surface area contributed by atoms with Gasteiger partial charge in [0.05, 0.1) is 31.9 Å². The van der Waals surface area contributed by atoms with Crippen molar-refractivity contribution in [1.29, 1.82) is 0 Å². The molecule has 0 unspecified atom stereocenters. The standard InChI is InChI=1S/C24H23F2N5O2S2/c1-13-8-9-14(25)12-18(13)35(32,33)31-16-7-5-6-15(19(16)26)20-21(17-10-11-28-23(27)29-17)34-22(30-20)24(2,3)4/h5-12,31H,1-4H3,(H2,27,28,29). The minimum Gasteiger partial charge on any atom is -0.368 e. The number of nitrogens with two attached hydrogens (primary N) is 1. The number of hydrogen-bond donors (Lipinski definition) is 2. The zero-order valence-corrected chi connectivity index (χ0v) is 21.1. The number of thiazole rings is 1. The van der Waals surface area contributed by atoms with Crippen LogP contribution in [-0.2, 0) is 15.4 Å². The lowest BCUT2D eigenvalue weighted by atomic mass is 9.98. The molecule has 0 aliphatic rings. The highest BCUT2D eigenvalue weighted by Gasteiger charge is 2.27. The third-order valence-electron chi connectivity index (χ3n) is 5.11. The smallest absolute Gasteiger partial charge is 0.262 e. The van der Waals surface area contributed by atoms with Gasteiger partial charge in [-0.25, -0.2) is 32.2 Å². The molecular formula is C24H23F2N5O2S2. The Morgan fingerprint density at radius 1 is 1.06 bits per heavy atom. The van der Waals surface area contributed by atoms with Crippen molar-refractivity contribution in [3.05, 3.63) is 70.9 Å². The molecule has 4 aromatic rings. The molecule has 0 fully saturated rings. The second-order valence-electron chi connectivity index (χ2n) is 8.93. The molecule has 2 aromatic carbocycles. The number of benzene rings is 2. The summed E-state index contributed by atoms with van der Waals surface area (Å²) >= 11 is 1.35. The summed E-state index contributed by atoms with van der Waals surface area (Å²) < 4.78 is 57.6. The highest BCUT2D eigenvalue weighted by molar-refractivity contribution is 7.92. The summed E-state index contributed by atoms with van der Waals surface area (Å²) in [4.78, 5) is 13.2. The fourth-order valence-electron chi connectivity index (χ4n) is 3.35. The van der Waals surface area contributed by atoms with Crippen molar-refractivity contribution in [2.45, 2.75) is 38.0 Å². The minimum absolute atomic E-state index is 0.0617. The monoisotopic (exact) mass is 515 g/mol. The maximum atomic E-state index is 15.8. The molecule has 2 heterocycles. The van der Waals surface area contributed by atoms with E-state index in [1.54, 1.807) is 6.07 Å². The topological polar surface area (TPSA) is 111 Å². The summed E-state index contributed by atoms with van der Waals surface area (Å²) in [6, 6.07) is 9.37. The van der Waals surface area contributed by atoms with Crippen molar-refractivity contribution in [3.63, 3.8) is 0 Å². The number of halogens is 2. The van der Waals surface area contributed by atoms with Gasteiger partial charge in [0.1, 0.15) is 5.82 Å². The lowest BCUT2D eigenvalue weighted by molar-refractivity contribution is 0.585. The highest BCUT2D eigenvalue weighted by Crippen LogP contribution is 2.42. The van der Waals surface area contributed by atoms with Gasteiger partial charge >= 0.3 is 0 Å². The van der Waals surface area contributed by atoms with E-state index in [1.807, 2.05) is 20.8 Å². The molecule has 4 rings (SSSR count). The lowest BCUT2D eigenvalue weighted by Crippen LogP contribution is -2.15. The Kier molecular flexibility index (Phi) is 6.32. The van der Waals surface area contributed by atoms with Crippen LogP contribution in [0.4, 0.5) is 20.4 Å². The van der Waals surface area contributed by atoms with Gasteiger partial charge in [-0.2, -0.15) is 0 Å². The van der Waals surface area contributed by atoms with Crippen LogP contribution in [0.1, 0.15) is 31.3 Å².